The molecule has 0 spiro atoms. The summed E-state index contributed by atoms with van der Waals surface area (Å²) >= 11 is 2.11. The van der Waals surface area contributed by atoms with Crippen LogP contribution in [0.15, 0.2) is 72.8 Å². The quantitative estimate of drug-likeness (QED) is 0.119. The number of nitrogens with one attached hydrogen (secondary N) is 2. The summed E-state index contributed by atoms with van der Waals surface area (Å²) in [4.78, 5) is 24.1. The van der Waals surface area contributed by atoms with E-state index < -0.39 is 24.2 Å². The lowest BCUT2D eigenvalue weighted by Gasteiger charge is -2.27. The van der Waals surface area contributed by atoms with Gasteiger partial charge < -0.3 is 14.6 Å². The predicted molar refractivity (Wildman–Crippen MR) is 137 cm³/mol. The zero-order valence-electron chi connectivity index (χ0n) is 18.4. The molecule has 2 atom stereocenters. The predicted octanol–water partition coefficient (Wildman–Crippen LogP) is 5.30. The molecule has 0 radical (unpaired) electrons. The second kappa shape index (κ2) is 12.4. The summed E-state index contributed by atoms with van der Waals surface area (Å²) in [6.45, 7) is 0. The number of amides is 2. The van der Waals surface area contributed by atoms with E-state index >= 15 is 0 Å². The summed E-state index contributed by atoms with van der Waals surface area (Å²) in [6, 6.07) is 18.2. The van der Waals surface area contributed by atoms with E-state index in [1.54, 1.807) is 24.3 Å². The van der Waals surface area contributed by atoms with Gasteiger partial charge >= 0.3 is 6.09 Å². The Morgan fingerprint density at radius 2 is 1.88 bits per heavy atom. The van der Waals surface area contributed by atoms with Crippen molar-refractivity contribution >= 4 is 51.1 Å². The Morgan fingerprint density at radius 1 is 1.12 bits per heavy atom. The highest BCUT2D eigenvalue weighted by atomic mass is 127. The second-order valence-corrected chi connectivity index (χ2v) is 8.66. The number of aromatic hydroxyl groups is 1. The number of carbonyl (C=O) groups is 2. The number of phenols is 1. The van der Waals surface area contributed by atoms with Gasteiger partial charge in [-0.05, 0) is 65.1 Å². The first kappa shape index (κ1) is 25.5. The third-order valence-corrected chi connectivity index (χ3v) is 5.87. The molecule has 178 valence electrons. The first-order valence-electron chi connectivity index (χ1n) is 10.5. The van der Waals surface area contributed by atoms with Crippen LogP contribution < -0.4 is 10.8 Å². The number of halogens is 1. The van der Waals surface area contributed by atoms with E-state index in [0.717, 1.165) is 14.3 Å². The number of allylic oxidation sites excluding steroid dienone is 1. The zero-order chi connectivity index (χ0) is 24.5. The van der Waals surface area contributed by atoms with Crippen LogP contribution >= 0.6 is 22.6 Å². The van der Waals surface area contributed by atoms with Crippen molar-refractivity contribution in [1.29, 1.82) is 0 Å². The van der Waals surface area contributed by atoms with Crippen molar-refractivity contribution in [3.05, 3.63) is 81.9 Å². The Balaban J connectivity index is 1.84. The summed E-state index contributed by atoms with van der Waals surface area (Å²) in [5.74, 6) is -0.674. The fourth-order valence-corrected chi connectivity index (χ4v) is 4.08. The van der Waals surface area contributed by atoms with Gasteiger partial charge in [0.25, 0.3) is 5.91 Å². The molecule has 0 unspecified atom stereocenters. The minimum atomic E-state index is -0.922. The topological polar surface area (TPSA) is 117 Å². The molecule has 0 aliphatic rings. The van der Waals surface area contributed by atoms with Crippen LogP contribution in [0.4, 0.5) is 10.5 Å². The lowest BCUT2D eigenvalue weighted by molar-refractivity contribution is -0.124. The van der Waals surface area contributed by atoms with Gasteiger partial charge in [-0.1, -0.05) is 42.5 Å². The van der Waals surface area contributed by atoms with Crippen molar-refractivity contribution in [3.8, 4) is 5.75 Å². The van der Waals surface area contributed by atoms with E-state index in [1.165, 1.54) is 24.7 Å². The Morgan fingerprint density at radius 3 is 2.65 bits per heavy atom. The van der Waals surface area contributed by atoms with E-state index in [-0.39, 0.29) is 5.75 Å². The van der Waals surface area contributed by atoms with Gasteiger partial charge in [0.1, 0.15) is 5.75 Å². The number of hydrogen-bond acceptors (Lipinski definition) is 6. The molecular formula is C25H25IN2O6. The van der Waals surface area contributed by atoms with Crippen LogP contribution in [0, 0.1) is 3.57 Å². The number of ether oxygens (including phenoxy) is 2. The fraction of sp³-hybridized carbons (Fsp3) is 0.200. The normalized spacial score (nSPS) is 12.9. The van der Waals surface area contributed by atoms with Crippen LogP contribution in [0.2, 0.25) is 0 Å². The SMILES string of the molecule is CO[C@@H](CC/C=C/C(=O)NO)[C@@H](OC(=O)Nc1cccc2ccccc12)c1cc(I)ccc1O. The Bertz CT molecular complexity index is 1180. The summed E-state index contributed by atoms with van der Waals surface area (Å²) in [5.41, 5.74) is 2.53. The van der Waals surface area contributed by atoms with Gasteiger partial charge in [-0.2, -0.15) is 0 Å². The molecular weight excluding hydrogens is 551 g/mol. The lowest BCUT2D eigenvalue weighted by Crippen LogP contribution is -2.28. The number of benzene rings is 3. The van der Waals surface area contributed by atoms with Crippen LogP contribution in [-0.4, -0.2) is 35.5 Å². The van der Waals surface area contributed by atoms with Gasteiger partial charge in [0.15, 0.2) is 6.10 Å². The molecule has 2 amide bonds. The van der Waals surface area contributed by atoms with E-state index in [9.17, 15) is 14.7 Å². The summed E-state index contributed by atoms with van der Waals surface area (Å²) < 4.78 is 12.3. The number of fused-ring (bicyclic) bond motifs is 1. The average Bonchev–Trinajstić information content (AvgIpc) is 2.84. The molecule has 0 bridgehead atoms. The Labute approximate surface area is 210 Å². The molecule has 0 saturated carbocycles. The first-order chi connectivity index (χ1) is 16.4. The van der Waals surface area contributed by atoms with Crippen LogP contribution in [0.25, 0.3) is 10.8 Å². The average molecular weight is 576 g/mol. The highest BCUT2D eigenvalue weighted by Gasteiger charge is 2.29. The maximum atomic E-state index is 12.9. The van der Waals surface area contributed by atoms with Crippen molar-refractivity contribution in [2.75, 3.05) is 12.4 Å². The third kappa shape index (κ3) is 6.69. The number of phenolic OH excluding ortho intramolecular Hbond substituents is 1. The minimum Gasteiger partial charge on any atom is -0.508 e. The van der Waals surface area contributed by atoms with Crippen LogP contribution in [0.5, 0.6) is 5.75 Å². The van der Waals surface area contributed by atoms with Gasteiger partial charge in [0.05, 0.1) is 11.8 Å². The largest absolute Gasteiger partial charge is 0.508 e. The van der Waals surface area contributed by atoms with E-state index in [4.69, 9.17) is 14.7 Å². The number of anilines is 1. The lowest BCUT2D eigenvalue weighted by atomic mass is 9.99. The number of methoxy groups -OCH3 is 1. The minimum absolute atomic E-state index is 0.0272. The van der Waals surface area contributed by atoms with Gasteiger partial charge in [0, 0.05) is 27.7 Å². The fourth-order valence-electron chi connectivity index (χ4n) is 3.56. The molecule has 0 aliphatic heterocycles. The molecule has 3 aromatic carbocycles. The van der Waals surface area contributed by atoms with Gasteiger partial charge in [-0.25, -0.2) is 10.3 Å². The van der Waals surface area contributed by atoms with Crippen LogP contribution in [0.3, 0.4) is 0 Å². The van der Waals surface area contributed by atoms with Gasteiger partial charge in [0.2, 0.25) is 0 Å². The van der Waals surface area contributed by atoms with Crippen LogP contribution in [0.1, 0.15) is 24.5 Å². The maximum absolute atomic E-state index is 12.9. The van der Waals surface area contributed by atoms with E-state index in [1.807, 2.05) is 36.4 Å². The van der Waals surface area contributed by atoms with Gasteiger partial charge in [-0.3, -0.25) is 15.3 Å². The molecule has 0 heterocycles. The van der Waals surface area contributed by atoms with Crippen molar-refractivity contribution in [2.45, 2.75) is 25.0 Å². The van der Waals surface area contributed by atoms with E-state index in [0.29, 0.717) is 24.1 Å². The van der Waals surface area contributed by atoms with E-state index in [2.05, 4.69) is 27.9 Å². The smallest absolute Gasteiger partial charge is 0.412 e. The molecule has 0 aliphatic carbocycles. The van der Waals surface area contributed by atoms with Crippen molar-refractivity contribution in [2.24, 2.45) is 0 Å². The zero-order valence-corrected chi connectivity index (χ0v) is 20.6. The molecule has 34 heavy (non-hydrogen) atoms. The standard InChI is InChI=1S/C25H25IN2O6/c1-33-22(11-4-5-12-23(30)28-32)24(19-15-17(26)13-14-21(19)29)34-25(31)27-20-10-6-8-16-7-2-3-9-18(16)20/h2-3,5-10,12-15,22,24,29,32H,4,11H2,1H3,(H,27,31)(H,28,30)/b12-5+/t22-,24-/m0/s1. The summed E-state index contributed by atoms with van der Waals surface area (Å²) in [7, 11) is 1.48. The molecule has 8 nitrogen and oxygen atoms in total. The number of carbonyl (C=O) groups excluding carboxylic acids is 2. The number of rotatable bonds is 9. The molecule has 0 aromatic heterocycles. The van der Waals surface area contributed by atoms with Gasteiger partial charge in [-0.15, -0.1) is 0 Å². The Kier molecular flexibility index (Phi) is 9.25. The van der Waals surface area contributed by atoms with Crippen LogP contribution in [-0.2, 0) is 14.3 Å². The molecule has 3 rings (SSSR count). The molecule has 9 heteroatoms. The van der Waals surface area contributed by atoms with Crippen molar-refractivity contribution in [1.82, 2.24) is 5.48 Å². The molecule has 3 aromatic rings. The van der Waals surface area contributed by atoms with Crippen molar-refractivity contribution < 1.29 is 29.4 Å². The monoisotopic (exact) mass is 576 g/mol. The number of hydrogen-bond donors (Lipinski definition) is 4. The summed E-state index contributed by atoms with van der Waals surface area (Å²) in [5, 5.41) is 23.7. The second-order valence-electron chi connectivity index (χ2n) is 7.41. The first-order valence-corrected chi connectivity index (χ1v) is 11.6. The Hall–Kier alpha value is -3.15. The number of hydroxylamine groups is 1. The molecule has 0 saturated heterocycles. The highest BCUT2D eigenvalue weighted by molar-refractivity contribution is 14.1. The molecule has 0 fully saturated rings. The van der Waals surface area contributed by atoms with Crippen molar-refractivity contribution in [3.63, 3.8) is 0 Å². The third-order valence-electron chi connectivity index (χ3n) is 5.19. The molecule has 4 N–H and O–H groups in total. The highest BCUT2D eigenvalue weighted by Crippen LogP contribution is 2.34. The maximum Gasteiger partial charge on any atom is 0.412 e. The summed E-state index contributed by atoms with van der Waals surface area (Å²) in [6.07, 6.45) is 1.30.